The number of aliphatic hydroxyl groups is 1. The molecule has 7 nitrogen and oxygen atoms in total. The van der Waals surface area contributed by atoms with Gasteiger partial charge in [0.15, 0.2) is 0 Å². The number of esters is 1. The van der Waals surface area contributed by atoms with E-state index < -0.39 is 22.5 Å². The zero-order valence-corrected chi connectivity index (χ0v) is 12.4. The van der Waals surface area contributed by atoms with E-state index in [2.05, 4.69) is 21.3 Å². The van der Waals surface area contributed by atoms with Gasteiger partial charge in [-0.1, -0.05) is 11.8 Å². The number of hydrogen-bond acceptors (Lipinski definition) is 6. The first-order chi connectivity index (χ1) is 9.94. The van der Waals surface area contributed by atoms with Crippen LogP contribution in [0.2, 0.25) is 0 Å². The van der Waals surface area contributed by atoms with E-state index >= 15 is 0 Å². The van der Waals surface area contributed by atoms with Gasteiger partial charge in [0.2, 0.25) is 10.0 Å². The van der Waals surface area contributed by atoms with Gasteiger partial charge >= 0.3 is 5.97 Å². The quantitative estimate of drug-likeness (QED) is 0.561. The fraction of sp³-hybridized carbons (Fsp3) is 0.308. The molecule has 2 N–H and O–H groups in total. The third-order valence-electron chi connectivity index (χ3n) is 2.40. The lowest BCUT2D eigenvalue weighted by Crippen LogP contribution is -2.30. The minimum Gasteiger partial charge on any atom is -0.495 e. The van der Waals surface area contributed by atoms with Gasteiger partial charge in [0.25, 0.3) is 0 Å². The highest BCUT2D eigenvalue weighted by Gasteiger charge is 2.21. The van der Waals surface area contributed by atoms with Crippen molar-refractivity contribution in [1.29, 1.82) is 0 Å². The second-order valence-electron chi connectivity index (χ2n) is 3.73. The van der Waals surface area contributed by atoms with Gasteiger partial charge in [0, 0.05) is 5.56 Å². The van der Waals surface area contributed by atoms with E-state index in [0.29, 0.717) is 5.56 Å². The highest BCUT2D eigenvalue weighted by atomic mass is 32.2. The molecule has 114 valence electrons. The molecule has 1 rings (SSSR count). The highest BCUT2D eigenvalue weighted by molar-refractivity contribution is 7.89. The van der Waals surface area contributed by atoms with Crippen LogP contribution in [0, 0.1) is 11.8 Å². The monoisotopic (exact) mass is 313 g/mol. The lowest BCUT2D eigenvalue weighted by molar-refractivity contribution is -0.139. The molecule has 0 saturated carbocycles. The highest BCUT2D eigenvalue weighted by Crippen LogP contribution is 2.24. The molecule has 0 saturated heterocycles. The SMILES string of the molecule is COC(=O)CNS(=O)(=O)c1cc(C#CCO)ccc1OC. The van der Waals surface area contributed by atoms with Crippen LogP contribution in [0.15, 0.2) is 23.1 Å². The second-order valence-corrected chi connectivity index (χ2v) is 5.46. The Hall–Kier alpha value is -2.08. The van der Waals surface area contributed by atoms with Crippen LogP contribution in [0.5, 0.6) is 5.75 Å². The molecule has 0 spiro atoms. The van der Waals surface area contributed by atoms with Gasteiger partial charge in [0.1, 0.15) is 23.8 Å². The summed E-state index contributed by atoms with van der Waals surface area (Å²) >= 11 is 0. The molecule has 0 fully saturated rings. The van der Waals surface area contributed by atoms with E-state index in [-0.39, 0.29) is 17.3 Å². The first kappa shape index (κ1) is 17.0. The molecule has 0 aromatic heterocycles. The second kappa shape index (κ2) is 7.64. The molecule has 0 amide bonds. The zero-order chi connectivity index (χ0) is 15.9. The predicted octanol–water partition coefficient (Wildman–Crippen LogP) is -0.510. The molecule has 0 bridgehead atoms. The van der Waals surface area contributed by atoms with E-state index in [9.17, 15) is 13.2 Å². The minimum absolute atomic E-state index is 0.113. The number of aliphatic hydroxyl groups excluding tert-OH is 1. The summed E-state index contributed by atoms with van der Waals surface area (Å²) in [6.45, 7) is -0.830. The summed E-state index contributed by atoms with van der Waals surface area (Å²) in [7, 11) is -1.48. The molecule has 0 aliphatic heterocycles. The van der Waals surface area contributed by atoms with Crippen molar-refractivity contribution in [2.24, 2.45) is 0 Å². The summed E-state index contributed by atoms with van der Waals surface area (Å²) in [4.78, 5) is 10.9. The third kappa shape index (κ3) is 4.75. The maximum atomic E-state index is 12.2. The topological polar surface area (TPSA) is 102 Å². The van der Waals surface area contributed by atoms with Gasteiger partial charge in [-0.2, -0.15) is 4.72 Å². The van der Waals surface area contributed by atoms with E-state index in [4.69, 9.17) is 9.84 Å². The summed E-state index contributed by atoms with van der Waals surface area (Å²) < 4.78 is 35.8. The first-order valence-corrected chi connectivity index (χ1v) is 7.27. The van der Waals surface area contributed by atoms with Gasteiger partial charge in [-0.3, -0.25) is 4.79 Å². The molecule has 1 aromatic carbocycles. The summed E-state index contributed by atoms with van der Waals surface area (Å²) in [5, 5.41) is 8.65. The predicted molar refractivity (Wildman–Crippen MR) is 74.2 cm³/mol. The Labute approximate surface area is 122 Å². The number of benzene rings is 1. The molecule has 21 heavy (non-hydrogen) atoms. The van der Waals surface area contributed by atoms with Crippen LogP contribution in [0.3, 0.4) is 0 Å². The number of carbonyl (C=O) groups excluding carboxylic acids is 1. The minimum atomic E-state index is -3.96. The van der Waals surface area contributed by atoms with Crippen LogP contribution in [0.4, 0.5) is 0 Å². The first-order valence-electron chi connectivity index (χ1n) is 5.79. The Morgan fingerprint density at radius 3 is 2.67 bits per heavy atom. The third-order valence-corrected chi connectivity index (χ3v) is 3.82. The van der Waals surface area contributed by atoms with Crippen LogP contribution in [0.1, 0.15) is 5.56 Å². The molecule has 0 aliphatic rings. The van der Waals surface area contributed by atoms with Crippen LogP contribution >= 0.6 is 0 Å². The fourth-order valence-electron chi connectivity index (χ4n) is 1.41. The van der Waals surface area contributed by atoms with Crippen molar-refractivity contribution in [3.05, 3.63) is 23.8 Å². The molecule has 0 aliphatic carbocycles. The van der Waals surface area contributed by atoms with Gasteiger partial charge in [-0.25, -0.2) is 8.42 Å². The number of ether oxygens (including phenoxy) is 2. The van der Waals surface area contributed by atoms with Gasteiger partial charge in [0.05, 0.1) is 14.2 Å². The van der Waals surface area contributed by atoms with Crippen molar-refractivity contribution in [2.45, 2.75) is 4.90 Å². The molecular weight excluding hydrogens is 298 g/mol. The van der Waals surface area contributed by atoms with E-state index in [1.54, 1.807) is 6.07 Å². The number of nitrogens with one attached hydrogen (secondary N) is 1. The summed E-state index contributed by atoms with van der Waals surface area (Å²) in [6.07, 6.45) is 0. The average molecular weight is 313 g/mol. The molecule has 0 unspecified atom stereocenters. The Balaban J connectivity index is 3.16. The average Bonchev–Trinajstić information content (AvgIpc) is 2.50. The zero-order valence-electron chi connectivity index (χ0n) is 11.5. The fourth-order valence-corrected chi connectivity index (χ4v) is 2.57. The Morgan fingerprint density at radius 2 is 2.10 bits per heavy atom. The lowest BCUT2D eigenvalue weighted by atomic mass is 10.2. The van der Waals surface area contributed by atoms with Crippen LogP contribution < -0.4 is 9.46 Å². The van der Waals surface area contributed by atoms with Crippen molar-refractivity contribution < 1.29 is 27.8 Å². The molecular formula is C13H15NO6S. The normalized spacial score (nSPS) is 10.4. The maximum Gasteiger partial charge on any atom is 0.320 e. The van der Waals surface area contributed by atoms with Crippen molar-refractivity contribution in [3.8, 4) is 17.6 Å². The molecule has 0 heterocycles. The van der Waals surface area contributed by atoms with Crippen LogP contribution in [0.25, 0.3) is 0 Å². The maximum absolute atomic E-state index is 12.2. The standard InChI is InChI=1S/C13H15NO6S/c1-19-11-6-5-10(4-3-7-15)8-12(11)21(17,18)14-9-13(16)20-2/h5-6,8,14-15H,7,9H2,1-2H3. The van der Waals surface area contributed by atoms with Crippen LogP contribution in [-0.4, -0.2) is 46.9 Å². The number of hydrogen-bond donors (Lipinski definition) is 2. The van der Waals surface area contributed by atoms with Crippen LogP contribution in [-0.2, 0) is 19.6 Å². The smallest absolute Gasteiger partial charge is 0.320 e. The van der Waals surface area contributed by atoms with E-state index in [1.807, 2.05) is 0 Å². The van der Waals surface area contributed by atoms with Crippen molar-refractivity contribution in [2.75, 3.05) is 27.4 Å². The van der Waals surface area contributed by atoms with Gasteiger partial charge in [-0.05, 0) is 18.2 Å². The van der Waals surface area contributed by atoms with Crippen molar-refractivity contribution in [1.82, 2.24) is 4.72 Å². The van der Waals surface area contributed by atoms with E-state index in [1.165, 1.54) is 19.2 Å². The number of carbonyl (C=O) groups is 1. The van der Waals surface area contributed by atoms with Gasteiger partial charge < -0.3 is 14.6 Å². The van der Waals surface area contributed by atoms with Crippen molar-refractivity contribution in [3.63, 3.8) is 0 Å². The van der Waals surface area contributed by atoms with Gasteiger partial charge in [-0.15, -0.1) is 0 Å². The number of sulfonamides is 1. The van der Waals surface area contributed by atoms with Crippen molar-refractivity contribution >= 4 is 16.0 Å². The lowest BCUT2D eigenvalue weighted by Gasteiger charge is -2.10. The Morgan fingerprint density at radius 1 is 1.38 bits per heavy atom. The summed E-state index contributed by atoms with van der Waals surface area (Å²) in [5.41, 5.74) is 0.392. The number of rotatable bonds is 5. The largest absolute Gasteiger partial charge is 0.495 e. The molecule has 0 atom stereocenters. The molecule has 8 heteroatoms. The molecule has 1 aromatic rings. The van der Waals surface area contributed by atoms with E-state index in [0.717, 1.165) is 7.11 Å². The summed E-state index contributed by atoms with van der Waals surface area (Å²) in [6, 6.07) is 4.29. The summed E-state index contributed by atoms with van der Waals surface area (Å²) in [5.74, 6) is 4.41. The Kier molecular flexibility index (Phi) is 6.17. The Bertz CT molecular complexity index is 672. The molecule has 0 radical (unpaired) electrons. The number of methoxy groups -OCH3 is 2.